The predicted molar refractivity (Wildman–Crippen MR) is 88.7 cm³/mol. The van der Waals surface area contributed by atoms with E-state index in [1.165, 1.54) is 5.56 Å². The summed E-state index contributed by atoms with van der Waals surface area (Å²) in [4.78, 5) is 15.5. The van der Waals surface area contributed by atoms with Crippen molar-refractivity contribution in [2.45, 2.75) is 39.8 Å². The van der Waals surface area contributed by atoms with Crippen molar-refractivity contribution in [1.82, 2.24) is 9.80 Å². The summed E-state index contributed by atoms with van der Waals surface area (Å²) in [6.07, 6.45) is -0.829. The average molecular weight is 305 g/mol. The lowest BCUT2D eigenvalue weighted by molar-refractivity contribution is -0.0461. The molecule has 1 heterocycles. The molecule has 1 amide bonds. The standard InChI is InChI=1S/C17H27N3O2/c1-16(2,3)17(4)12-19(9-10-20(17)15(21)22)11-13-5-7-14(18)8-6-13/h5-8H,9-12,18H2,1-4H3,(H,21,22)/t17-/m1/s1. The first-order valence-corrected chi connectivity index (χ1v) is 7.71. The van der Waals surface area contributed by atoms with Gasteiger partial charge in [-0.05, 0) is 30.0 Å². The minimum atomic E-state index is -0.829. The first-order chi connectivity index (χ1) is 10.1. The third kappa shape index (κ3) is 3.19. The van der Waals surface area contributed by atoms with Gasteiger partial charge in [0.05, 0.1) is 5.54 Å². The molecule has 0 unspecified atom stereocenters. The van der Waals surface area contributed by atoms with Crippen molar-refractivity contribution in [3.05, 3.63) is 29.8 Å². The van der Waals surface area contributed by atoms with Gasteiger partial charge >= 0.3 is 6.09 Å². The van der Waals surface area contributed by atoms with Gasteiger partial charge in [0.15, 0.2) is 0 Å². The van der Waals surface area contributed by atoms with Gasteiger partial charge in [0.2, 0.25) is 0 Å². The molecule has 1 aliphatic heterocycles. The van der Waals surface area contributed by atoms with Gasteiger partial charge in [-0.15, -0.1) is 0 Å². The summed E-state index contributed by atoms with van der Waals surface area (Å²) in [5, 5.41) is 9.54. The van der Waals surface area contributed by atoms with Crippen molar-refractivity contribution < 1.29 is 9.90 Å². The van der Waals surface area contributed by atoms with Crippen LogP contribution in [-0.2, 0) is 6.54 Å². The maximum absolute atomic E-state index is 11.6. The van der Waals surface area contributed by atoms with Crippen molar-refractivity contribution in [3.8, 4) is 0 Å². The third-order valence-corrected chi connectivity index (χ3v) is 5.00. The Hall–Kier alpha value is -1.75. The highest BCUT2D eigenvalue weighted by Gasteiger charge is 2.48. The van der Waals surface area contributed by atoms with Gasteiger partial charge in [-0.2, -0.15) is 0 Å². The van der Waals surface area contributed by atoms with E-state index >= 15 is 0 Å². The quantitative estimate of drug-likeness (QED) is 0.824. The molecule has 1 atom stereocenters. The molecular weight excluding hydrogens is 278 g/mol. The van der Waals surface area contributed by atoms with Gasteiger partial charge in [0, 0.05) is 31.9 Å². The Morgan fingerprint density at radius 2 is 1.86 bits per heavy atom. The zero-order valence-corrected chi connectivity index (χ0v) is 14.0. The fraction of sp³-hybridized carbons (Fsp3) is 0.588. The lowest BCUT2D eigenvalue weighted by Gasteiger charge is -2.54. The molecule has 0 aliphatic carbocycles. The van der Waals surface area contributed by atoms with E-state index in [1.54, 1.807) is 4.90 Å². The molecule has 0 saturated carbocycles. The second-order valence-electron chi connectivity index (χ2n) is 7.41. The summed E-state index contributed by atoms with van der Waals surface area (Å²) in [5.41, 5.74) is 7.15. The number of nitrogens with two attached hydrogens (primary N) is 1. The number of carbonyl (C=O) groups is 1. The normalized spacial score (nSPS) is 23.5. The zero-order valence-electron chi connectivity index (χ0n) is 14.0. The number of piperazine rings is 1. The minimum absolute atomic E-state index is 0.134. The first-order valence-electron chi connectivity index (χ1n) is 7.71. The van der Waals surface area contributed by atoms with Crippen molar-refractivity contribution in [2.24, 2.45) is 5.41 Å². The number of anilines is 1. The van der Waals surface area contributed by atoms with Crippen LogP contribution in [0.4, 0.5) is 10.5 Å². The Bertz CT molecular complexity index is 536. The highest BCUT2D eigenvalue weighted by Crippen LogP contribution is 2.38. The highest BCUT2D eigenvalue weighted by molar-refractivity contribution is 5.66. The smallest absolute Gasteiger partial charge is 0.407 e. The third-order valence-electron chi connectivity index (χ3n) is 5.00. The van der Waals surface area contributed by atoms with E-state index in [0.29, 0.717) is 6.54 Å². The maximum atomic E-state index is 11.6. The van der Waals surface area contributed by atoms with E-state index in [1.807, 2.05) is 24.3 Å². The van der Waals surface area contributed by atoms with Crippen LogP contribution in [0.3, 0.4) is 0 Å². The highest BCUT2D eigenvalue weighted by atomic mass is 16.4. The Morgan fingerprint density at radius 3 is 2.36 bits per heavy atom. The van der Waals surface area contributed by atoms with E-state index in [-0.39, 0.29) is 5.41 Å². The van der Waals surface area contributed by atoms with Gasteiger partial charge in [0.1, 0.15) is 0 Å². The van der Waals surface area contributed by atoms with Crippen molar-refractivity contribution >= 4 is 11.8 Å². The fourth-order valence-corrected chi connectivity index (χ4v) is 3.05. The predicted octanol–water partition coefficient (Wildman–Crippen LogP) is 2.87. The molecule has 122 valence electrons. The number of nitrogens with zero attached hydrogens (tertiary/aromatic N) is 2. The van der Waals surface area contributed by atoms with E-state index < -0.39 is 11.6 Å². The molecule has 5 nitrogen and oxygen atoms in total. The Labute approximate surface area is 132 Å². The van der Waals surface area contributed by atoms with E-state index in [4.69, 9.17) is 5.73 Å². The summed E-state index contributed by atoms with van der Waals surface area (Å²) in [6, 6.07) is 7.89. The molecule has 1 fully saturated rings. The van der Waals surface area contributed by atoms with Crippen LogP contribution in [0, 0.1) is 5.41 Å². The second-order valence-corrected chi connectivity index (χ2v) is 7.41. The molecule has 1 saturated heterocycles. The molecule has 0 bridgehead atoms. The van der Waals surface area contributed by atoms with Crippen LogP contribution >= 0.6 is 0 Å². The molecule has 0 radical (unpaired) electrons. The molecule has 22 heavy (non-hydrogen) atoms. The van der Waals surface area contributed by atoms with Gasteiger partial charge in [-0.1, -0.05) is 32.9 Å². The molecule has 0 aromatic heterocycles. The molecule has 3 N–H and O–H groups in total. The number of hydrogen-bond donors (Lipinski definition) is 2. The van der Waals surface area contributed by atoms with Crippen LogP contribution in [0.5, 0.6) is 0 Å². The van der Waals surface area contributed by atoms with Gasteiger partial charge in [-0.3, -0.25) is 9.80 Å². The molecule has 1 aliphatic rings. The number of hydrogen-bond acceptors (Lipinski definition) is 3. The van der Waals surface area contributed by atoms with Gasteiger partial charge in [-0.25, -0.2) is 4.79 Å². The van der Waals surface area contributed by atoms with E-state index in [2.05, 4.69) is 32.6 Å². The Morgan fingerprint density at radius 1 is 1.27 bits per heavy atom. The molecule has 1 aromatic carbocycles. The molecular formula is C17H27N3O2. The molecule has 1 aromatic rings. The lowest BCUT2D eigenvalue weighted by Crippen LogP contribution is -2.67. The number of nitrogen functional groups attached to an aromatic ring is 1. The summed E-state index contributed by atoms with van der Waals surface area (Å²) in [5.74, 6) is 0. The summed E-state index contributed by atoms with van der Waals surface area (Å²) in [6.45, 7) is 11.2. The number of carboxylic acid groups (broad SMARTS) is 1. The first kappa shape index (κ1) is 16.6. The lowest BCUT2D eigenvalue weighted by atomic mass is 9.72. The van der Waals surface area contributed by atoms with Crippen LogP contribution in [-0.4, -0.2) is 46.2 Å². The van der Waals surface area contributed by atoms with Crippen LogP contribution < -0.4 is 5.73 Å². The van der Waals surface area contributed by atoms with E-state index in [9.17, 15) is 9.90 Å². The Balaban J connectivity index is 2.17. The van der Waals surface area contributed by atoms with Crippen molar-refractivity contribution in [1.29, 1.82) is 0 Å². The Kier molecular flexibility index (Phi) is 4.38. The van der Waals surface area contributed by atoms with Crippen LogP contribution in [0.1, 0.15) is 33.3 Å². The molecule has 0 spiro atoms. The fourth-order valence-electron chi connectivity index (χ4n) is 3.05. The number of amides is 1. The monoisotopic (exact) mass is 305 g/mol. The van der Waals surface area contributed by atoms with Crippen LogP contribution in [0.15, 0.2) is 24.3 Å². The number of benzene rings is 1. The summed E-state index contributed by atoms with van der Waals surface area (Å²) >= 11 is 0. The molecule has 5 heteroatoms. The molecule has 2 rings (SSSR count). The van der Waals surface area contributed by atoms with Crippen LogP contribution in [0.2, 0.25) is 0 Å². The van der Waals surface area contributed by atoms with Crippen molar-refractivity contribution in [3.63, 3.8) is 0 Å². The van der Waals surface area contributed by atoms with Gasteiger partial charge in [0.25, 0.3) is 0 Å². The minimum Gasteiger partial charge on any atom is -0.465 e. The van der Waals surface area contributed by atoms with E-state index in [0.717, 1.165) is 25.3 Å². The number of rotatable bonds is 2. The van der Waals surface area contributed by atoms with Crippen LogP contribution in [0.25, 0.3) is 0 Å². The zero-order chi connectivity index (χ0) is 16.5. The topological polar surface area (TPSA) is 69.8 Å². The van der Waals surface area contributed by atoms with Crippen molar-refractivity contribution in [2.75, 3.05) is 25.4 Å². The average Bonchev–Trinajstić information content (AvgIpc) is 2.40. The summed E-state index contributed by atoms with van der Waals surface area (Å²) in [7, 11) is 0. The summed E-state index contributed by atoms with van der Waals surface area (Å²) < 4.78 is 0. The largest absolute Gasteiger partial charge is 0.465 e. The maximum Gasteiger partial charge on any atom is 0.407 e. The SMILES string of the molecule is CC(C)(C)[C@@]1(C)CN(Cc2ccc(N)cc2)CCN1C(=O)O. The van der Waals surface area contributed by atoms with Gasteiger partial charge < -0.3 is 10.8 Å². The second kappa shape index (κ2) is 5.80.